The van der Waals surface area contributed by atoms with Crippen LogP contribution in [0.25, 0.3) is 0 Å². The Balaban J connectivity index is 1.80. The molecule has 0 fully saturated rings. The van der Waals surface area contributed by atoms with Gasteiger partial charge >= 0.3 is 0 Å². The summed E-state index contributed by atoms with van der Waals surface area (Å²) in [5, 5.41) is 0.0450. The van der Waals surface area contributed by atoms with E-state index in [9.17, 15) is 0 Å². The molecule has 1 aromatic heterocycles. The van der Waals surface area contributed by atoms with Gasteiger partial charge in [-0.2, -0.15) is 0 Å². The van der Waals surface area contributed by atoms with Gasteiger partial charge in [0.1, 0.15) is 0 Å². The van der Waals surface area contributed by atoms with Crippen molar-refractivity contribution < 1.29 is 0 Å². The molecular weight excluding hydrogens is 256 g/mol. The van der Waals surface area contributed by atoms with Gasteiger partial charge in [0, 0.05) is 25.5 Å². The molecule has 2 rings (SSSR count). The molecule has 2 aromatic rings. The third-order valence-electron chi connectivity index (χ3n) is 3.16. The van der Waals surface area contributed by atoms with Gasteiger partial charge in [0.25, 0.3) is 0 Å². The van der Waals surface area contributed by atoms with Gasteiger partial charge in [0.05, 0.1) is 5.38 Å². The van der Waals surface area contributed by atoms with Crippen molar-refractivity contribution >= 4 is 11.6 Å². The van der Waals surface area contributed by atoms with Crippen LogP contribution in [-0.4, -0.2) is 30.0 Å². The number of alkyl halides is 1. The van der Waals surface area contributed by atoms with Gasteiger partial charge in [-0.1, -0.05) is 30.3 Å². The highest BCUT2D eigenvalue weighted by Crippen LogP contribution is 2.20. The van der Waals surface area contributed by atoms with Crippen molar-refractivity contribution in [3.63, 3.8) is 0 Å². The number of aromatic nitrogens is 1. The Hall–Kier alpha value is -1.38. The summed E-state index contributed by atoms with van der Waals surface area (Å²) < 4.78 is 0. The van der Waals surface area contributed by atoms with E-state index in [1.165, 1.54) is 11.1 Å². The summed E-state index contributed by atoms with van der Waals surface area (Å²) in [6, 6.07) is 14.3. The molecule has 0 bridgehead atoms. The molecule has 1 unspecified atom stereocenters. The van der Waals surface area contributed by atoms with Crippen molar-refractivity contribution in [1.82, 2.24) is 9.88 Å². The van der Waals surface area contributed by atoms with Crippen molar-refractivity contribution in [2.75, 3.05) is 20.1 Å². The zero-order chi connectivity index (χ0) is 13.5. The van der Waals surface area contributed by atoms with Crippen LogP contribution >= 0.6 is 11.6 Å². The molecule has 0 spiro atoms. The number of nitrogens with zero attached hydrogens (tertiary/aromatic N) is 2. The van der Waals surface area contributed by atoms with Crippen molar-refractivity contribution in [3.8, 4) is 0 Å². The van der Waals surface area contributed by atoms with Crippen molar-refractivity contribution in [2.45, 2.75) is 11.8 Å². The fourth-order valence-electron chi connectivity index (χ4n) is 2.00. The van der Waals surface area contributed by atoms with Crippen LogP contribution in [-0.2, 0) is 6.42 Å². The Bertz CT molecular complexity index is 473. The molecule has 100 valence electrons. The monoisotopic (exact) mass is 274 g/mol. The lowest BCUT2D eigenvalue weighted by Crippen LogP contribution is -2.25. The molecule has 0 aliphatic heterocycles. The Labute approximate surface area is 120 Å². The molecule has 0 amide bonds. The van der Waals surface area contributed by atoms with E-state index in [2.05, 4.69) is 41.2 Å². The van der Waals surface area contributed by atoms with E-state index >= 15 is 0 Å². The van der Waals surface area contributed by atoms with Crippen molar-refractivity contribution in [1.29, 1.82) is 0 Å². The van der Waals surface area contributed by atoms with Crippen molar-refractivity contribution in [3.05, 3.63) is 66.0 Å². The standard InChI is InChI=1S/C16H19ClN2/c1-19(12-9-14-7-10-18-11-8-14)13-16(17)15-5-3-2-4-6-15/h2-8,10-11,16H,9,12-13H2,1H3. The summed E-state index contributed by atoms with van der Waals surface area (Å²) >= 11 is 6.43. The van der Waals surface area contributed by atoms with Gasteiger partial charge in [-0.05, 0) is 36.7 Å². The molecular formula is C16H19ClN2. The first-order valence-corrected chi connectivity index (χ1v) is 6.96. The van der Waals surface area contributed by atoms with Gasteiger partial charge in [0.2, 0.25) is 0 Å². The van der Waals surface area contributed by atoms with Crippen LogP contribution in [0.2, 0.25) is 0 Å². The molecule has 0 aliphatic carbocycles. The molecule has 1 aromatic carbocycles. The summed E-state index contributed by atoms with van der Waals surface area (Å²) in [7, 11) is 2.11. The Morgan fingerprint density at radius 2 is 1.79 bits per heavy atom. The Kier molecular flexibility index (Phi) is 5.37. The highest BCUT2D eigenvalue weighted by Gasteiger charge is 2.10. The fraction of sp³-hybridized carbons (Fsp3) is 0.312. The summed E-state index contributed by atoms with van der Waals surface area (Å²) in [5.41, 5.74) is 2.49. The quantitative estimate of drug-likeness (QED) is 0.749. The first-order chi connectivity index (χ1) is 9.25. The van der Waals surface area contributed by atoms with E-state index in [4.69, 9.17) is 11.6 Å². The number of likely N-dealkylation sites (N-methyl/N-ethyl adjacent to an activating group) is 1. The largest absolute Gasteiger partial charge is 0.304 e. The zero-order valence-electron chi connectivity index (χ0n) is 11.2. The summed E-state index contributed by atoms with van der Waals surface area (Å²) in [5.74, 6) is 0. The SMILES string of the molecule is CN(CCc1ccncc1)CC(Cl)c1ccccc1. The number of rotatable bonds is 6. The van der Waals surface area contributed by atoms with E-state index < -0.39 is 0 Å². The molecule has 1 heterocycles. The van der Waals surface area contributed by atoms with Gasteiger partial charge < -0.3 is 4.90 Å². The number of benzene rings is 1. The lowest BCUT2D eigenvalue weighted by atomic mass is 10.1. The van der Waals surface area contributed by atoms with Gasteiger partial charge in [-0.25, -0.2) is 0 Å². The topological polar surface area (TPSA) is 16.1 Å². The highest BCUT2D eigenvalue weighted by molar-refractivity contribution is 6.21. The summed E-state index contributed by atoms with van der Waals surface area (Å²) in [6.07, 6.45) is 4.70. The van der Waals surface area contributed by atoms with Gasteiger partial charge in [-0.15, -0.1) is 11.6 Å². The molecule has 19 heavy (non-hydrogen) atoms. The van der Waals surface area contributed by atoms with Crippen LogP contribution in [0.3, 0.4) is 0 Å². The van der Waals surface area contributed by atoms with Crippen LogP contribution in [0.1, 0.15) is 16.5 Å². The van der Waals surface area contributed by atoms with Crippen LogP contribution in [0.5, 0.6) is 0 Å². The maximum absolute atomic E-state index is 6.43. The molecule has 0 aliphatic rings. The van der Waals surface area contributed by atoms with Gasteiger partial charge in [0.15, 0.2) is 0 Å². The summed E-state index contributed by atoms with van der Waals surface area (Å²) in [6.45, 7) is 1.86. The second-order valence-corrected chi connectivity index (χ2v) is 5.27. The molecule has 0 saturated carbocycles. The smallest absolute Gasteiger partial charge is 0.0712 e. The second kappa shape index (κ2) is 7.27. The summed E-state index contributed by atoms with van der Waals surface area (Å²) in [4.78, 5) is 6.29. The van der Waals surface area contributed by atoms with Crippen LogP contribution in [0.4, 0.5) is 0 Å². The predicted molar refractivity (Wildman–Crippen MR) is 80.5 cm³/mol. The number of halogens is 1. The molecule has 3 heteroatoms. The fourth-order valence-corrected chi connectivity index (χ4v) is 2.38. The van der Waals surface area contributed by atoms with E-state index in [1.807, 2.05) is 30.6 Å². The zero-order valence-corrected chi connectivity index (χ0v) is 11.9. The molecule has 1 atom stereocenters. The second-order valence-electron chi connectivity index (χ2n) is 4.75. The van der Waals surface area contributed by atoms with Crippen LogP contribution in [0.15, 0.2) is 54.9 Å². The number of hydrogen-bond acceptors (Lipinski definition) is 2. The van der Waals surface area contributed by atoms with E-state index in [0.29, 0.717) is 0 Å². The molecule has 2 nitrogen and oxygen atoms in total. The number of pyridine rings is 1. The van der Waals surface area contributed by atoms with E-state index in [0.717, 1.165) is 19.5 Å². The maximum Gasteiger partial charge on any atom is 0.0712 e. The molecule has 0 N–H and O–H groups in total. The number of hydrogen-bond donors (Lipinski definition) is 0. The highest BCUT2D eigenvalue weighted by atomic mass is 35.5. The minimum absolute atomic E-state index is 0.0450. The predicted octanol–water partition coefficient (Wildman–Crippen LogP) is 3.54. The Morgan fingerprint density at radius 1 is 1.11 bits per heavy atom. The normalized spacial score (nSPS) is 12.6. The van der Waals surface area contributed by atoms with E-state index in [1.54, 1.807) is 0 Å². The van der Waals surface area contributed by atoms with Crippen molar-refractivity contribution in [2.24, 2.45) is 0 Å². The first-order valence-electron chi connectivity index (χ1n) is 6.52. The molecule has 0 radical (unpaired) electrons. The molecule has 0 saturated heterocycles. The Morgan fingerprint density at radius 3 is 2.47 bits per heavy atom. The lowest BCUT2D eigenvalue weighted by molar-refractivity contribution is 0.338. The minimum atomic E-state index is 0.0450. The average molecular weight is 275 g/mol. The third-order valence-corrected chi connectivity index (χ3v) is 3.55. The maximum atomic E-state index is 6.43. The first kappa shape index (κ1) is 14.0. The minimum Gasteiger partial charge on any atom is -0.304 e. The van der Waals surface area contributed by atoms with Crippen LogP contribution < -0.4 is 0 Å². The van der Waals surface area contributed by atoms with Crippen LogP contribution in [0, 0.1) is 0 Å². The average Bonchev–Trinajstić information content (AvgIpc) is 2.47. The lowest BCUT2D eigenvalue weighted by Gasteiger charge is -2.20. The van der Waals surface area contributed by atoms with Gasteiger partial charge in [-0.3, -0.25) is 4.98 Å². The third kappa shape index (κ3) is 4.66. The van der Waals surface area contributed by atoms with E-state index in [-0.39, 0.29) is 5.38 Å².